The zero-order valence-corrected chi connectivity index (χ0v) is 15.1. The largest absolute Gasteiger partial charge is 0.336 e. The number of hydrogen-bond donors (Lipinski definition) is 0. The van der Waals surface area contributed by atoms with Crippen LogP contribution in [0, 0.1) is 0 Å². The van der Waals surface area contributed by atoms with Crippen LogP contribution >= 0.6 is 0 Å². The van der Waals surface area contributed by atoms with Gasteiger partial charge in [-0.2, -0.15) is 4.31 Å². The van der Waals surface area contributed by atoms with Crippen LogP contribution in [-0.2, 0) is 14.8 Å². The van der Waals surface area contributed by atoms with E-state index in [9.17, 15) is 22.0 Å². The quantitative estimate of drug-likeness (QED) is 0.737. The van der Waals surface area contributed by atoms with Crippen LogP contribution in [0.1, 0.15) is 32.6 Å². The summed E-state index contributed by atoms with van der Waals surface area (Å²) >= 11 is 0. The van der Waals surface area contributed by atoms with Crippen molar-refractivity contribution >= 4 is 15.9 Å². The van der Waals surface area contributed by atoms with Gasteiger partial charge < -0.3 is 4.90 Å². The lowest BCUT2D eigenvalue weighted by molar-refractivity contribution is -0.138. The van der Waals surface area contributed by atoms with Gasteiger partial charge in [-0.15, -0.1) is 0 Å². The van der Waals surface area contributed by atoms with Gasteiger partial charge in [0.15, 0.2) is 0 Å². The molecule has 1 atom stereocenters. The number of amides is 1. The molecular weight excluding hydrogens is 350 g/mol. The summed E-state index contributed by atoms with van der Waals surface area (Å²) in [5.74, 6) is -0.527. The molecule has 1 aliphatic rings. The van der Waals surface area contributed by atoms with Crippen LogP contribution in [-0.4, -0.2) is 55.6 Å². The summed E-state index contributed by atoms with van der Waals surface area (Å²) in [5, 5.41) is 0. The van der Waals surface area contributed by atoms with Crippen LogP contribution in [0.4, 0.5) is 8.78 Å². The molecule has 1 amide bonds. The maximum atomic E-state index is 12.9. The number of nitrogens with zero attached hydrogens (tertiary/aromatic N) is 2. The summed E-state index contributed by atoms with van der Waals surface area (Å²) in [4.78, 5) is 14.0. The highest BCUT2D eigenvalue weighted by molar-refractivity contribution is 7.89. The lowest BCUT2D eigenvalue weighted by Crippen LogP contribution is -2.53. The molecule has 140 valence electrons. The fourth-order valence-electron chi connectivity index (χ4n) is 3.11. The van der Waals surface area contributed by atoms with Gasteiger partial charge in [0.25, 0.3) is 6.43 Å². The SMILES string of the molecule is CCCN(CC(F)F)C(=O)C1CCCCN1S(=O)(=O)c1ccccc1. The Hall–Kier alpha value is -1.54. The molecule has 0 aliphatic carbocycles. The molecule has 8 heteroatoms. The van der Waals surface area contributed by atoms with Gasteiger partial charge in [0.2, 0.25) is 15.9 Å². The molecule has 1 fully saturated rings. The second-order valence-electron chi connectivity index (χ2n) is 6.12. The lowest BCUT2D eigenvalue weighted by atomic mass is 10.0. The Morgan fingerprint density at radius 3 is 2.56 bits per heavy atom. The van der Waals surface area contributed by atoms with E-state index in [4.69, 9.17) is 0 Å². The molecule has 1 aromatic carbocycles. The number of halogens is 2. The smallest absolute Gasteiger partial charge is 0.255 e. The van der Waals surface area contributed by atoms with E-state index in [1.807, 2.05) is 0 Å². The van der Waals surface area contributed by atoms with Crippen molar-refractivity contribution in [3.05, 3.63) is 30.3 Å². The molecular formula is C17H24F2N2O3S. The Morgan fingerprint density at radius 1 is 1.28 bits per heavy atom. The van der Waals surface area contributed by atoms with Crippen molar-refractivity contribution in [2.45, 2.75) is 50.0 Å². The van der Waals surface area contributed by atoms with Gasteiger partial charge in [-0.3, -0.25) is 4.79 Å². The van der Waals surface area contributed by atoms with Gasteiger partial charge in [0.1, 0.15) is 6.04 Å². The van der Waals surface area contributed by atoms with Crippen molar-refractivity contribution in [2.75, 3.05) is 19.6 Å². The lowest BCUT2D eigenvalue weighted by Gasteiger charge is -2.36. The van der Waals surface area contributed by atoms with E-state index < -0.39 is 34.9 Å². The normalized spacial score (nSPS) is 19.1. The first kappa shape index (κ1) is 19.8. The molecule has 1 aliphatic heterocycles. The van der Waals surface area contributed by atoms with Gasteiger partial charge in [-0.25, -0.2) is 17.2 Å². The molecule has 1 aromatic rings. The van der Waals surface area contributed by atoms with E-state index >= 15 is 0 Å². The first-order valence-corrected chi connectivity index (χ1v) is 9.95. The third-order valence-electron chi connectivity index (χ3n) is 4.25. The van der Waals surface area contributed by atoms with Crippen molar-refractivity contribution in [3.8, 4) is 0 Å². The first-order valence-electron chi connectivity index (χ1n) is 8.51. The van der Waals surface area contributed by atoms with Gasteiger partial charge in [-0.1, -0.05) is 31.5 Å². The zero-order chi connectivity index (χ0) is 18.4. The van der Waals surface area contributed by atoms with Gasteiger partial charge >= 0.3 is 0 Å². The van der Waals surface area contributed by atoms with Crippen LogP contribution in [0.25, 0.3) is 0 Å². The van der Waals surface area contributed by atoms with Gasteiger partial charge in [0.05, 0.1) is 11.4 Å². The first-order chi connectivity index (χ1) is 11.9. The third kappa shape index (κ3) is 4.76. The molecule has 0 N–H and O–H groups in total. The average molecular weight is 374 g/mol. The average Bonchev–Trinajstić information content (AvgIpc) is 2.61. The standard InChI is InChI=1S/C17H24F2N2O3S/c1-2-11-20(13-16(18)19)17(22)15-10-6-7-12-21(15)25(23,24)14-8-4-3-5-9-14/h3-5,8-9,15-16H,2,6-7,10-13H2,1H3. The molecule has 1 unspecified atom stereocenters. The molecule has 0 saturated carbocycles. The predicted molar refractivity (Wildman–Crippen MR) is 90.8 cm³/mol. The Morgan fingerprint density at radius 2 is 1.96 bits per heavy atom. The maximum absolute atomic E-state index is 12.9. The Labute approximate surface area is 147 Å². The van der Waals surface area contributed by atoms with Gasteiger partial charge in [-0.05, 0) is 31.4 Å². The van der Waals surface area contributed by atoms with Crippen LogP contribution < -0.4 is 0 Å². The molecule has 0 bridgehead atoms. The Kier molecular flexibility index (Phi) is 6.89. The number of carbonyl (C=O) groups is 1. The maximum Gasteiger partial charge on any atom is 0.255 e. The molecule has 2 rings (SSSR count). The summed E-state index contributed by atoms with van der Waals surface area (Å²) in [5.41, 5.74) is 0. The van der Waals surface area contributed by atoms with Crippen molar-refractivity contribution in [1.29, 1.82) is 0 Å². The van der Waals surface area contributed by atoms with E-state index in [2.05, 4.69) is 0 Å². The summed E-state index contributed by atoms with van der Waals surface area (Å²) in [6.07, 6.45) is -0.395. The number of carbonyl (C=O) groups excluding carboxylic acids is 1. The summed E-state index contributed by atoms with van der Waals surface area (Å²) < 4.78 is 52.6. The monoisotopic (exact) mass is 374 g/mol. The zero-order valence-electron chi connectivity index (χ0n) is 14.3. The number of hydrogen-bond acceptors (Lipinski definition) is 3. The second-order valence-corrected chi connectivity index (χ2v) is 8.01. The van der Waals surface area contributed by atoms with E-state index in [1.165, 1.54) is 16.4 Å². The van der Waals surface area contributed by atoms with E-state index in [1.54, 1.807) is 25.1 Å². The third-order valence-corrected chi connectivity index (χ3v) is 6.17. The predicted octanol–water partition coefficient (Wildman–Crippen LogP) is 2.73. The summed E-state index contributed by atoms with van der Waals surface area (Å²) in [6.45, 7) is 1.55. The van der Waals surface area contributed by atoms with Gasteiger partial charge in [0, 0.05) is 13.1 Å². The van der Waals surface area contributed by atoms with Crippen LogP contribution in [0.5, 0.6) is 0 Å². The van der Waals surface area contributed by atoms with Crippen LogP contribution in [0.2, 0.25) is 0 Å². The molecule has 0 spiro atoms. The van der Waals surface area contributed by atoms with Crippen molar-refractivity contribution in [3.63, 3.8) is 0 Å². The Balaban J connectivity index is 2.29. The van der Waals surface area contributed by atoms with E-state index in [-0.39, 0.29) is 18.0 Å². The summed E-state index contributed by atoms with van der Waals surface area (Å²) in [6, 6.07) is 7.00. The fraction of sp³-hybridized carbons (Fsp3) is 0.588. The number of alkyl halides is 2. The highest BCUT2D eigenvalue weighted by Crippen LogP contribution is 2.26. The number of rotatable bonds is 7. The minimum atomic E-state index is -3.83. The number of piperidine rings is 1. The van der Waals surface area contributed by atoms with Crippen molar-refractivity contribution in [1.82, 2.24) is 9.21 Å². The number of benzene rings is 1. The topological polar surface area (TPSA) is 57.7 Å². The highest BCUT2D eigenvalue weighted by Gasteiger charge is 2.39. The van der Waals surface area contributed by atoms with Crippen LogP contribution in [0.15, 0.2) is 35.2 Å². The highest BCUT2D eigenvalue weighted by atomic mass is 32.2. The van der Waals surface area contributed by atoms with Crippen molar-refractivity contribution in [2.24, 2.45) is 0 Å². The fourth-order valence-corrected chi connectivity index (χ4v) is 4.78. The number of sulfonamides is 1. The molecule has 1 heterocycles. The van der Waals surface area contributed by atoms with E-state index in [0.29, 0.717) is 25.7 Å². The van der Waals surface area contributed by atoms with E-state index in [0.717, 1.165) is 4.90 Å². The molecule has 5 nitrogen and oxygen atoms in total. The minimum Gasteiger partial charge on any atom is -0.336 e. The molecule has 0 aromatic heterocycles. The minimum absolute atomic E-state index is 0.116. The Bertz CT molecular complexity index is 668. The van der Waals surface area contributed by atoms with Crippen molar-refractivity contribution < 1.29 is 22.0 Å². The molecule has 25 heavy (non-hydrogen) atoms. The molecule has 0 radical (unpaired) electrons. The molecule has 1 saturated heterocycles. The second kappa shape index (κ2) is 8.71. The van der Waals surface area contributed by atoms with Crippen LogP contribution in [0.3, 0.4) is 0 Å². The summed E-state index contributed by atoms with van der Waals surface area (Å²) in [7, 11) is -3.83.